The third kappa shape index (κ3) is 6.49. The molecule has 0 amide bonds. The highest BCUT2D eigenvalue weighted by Crippen LogP contribution is 1.80. The van der Waals surface area contributed by atoms with Gasteiger partial charge in [-0.25, -0.2) is 0 Å². The molecule has 2 radical (unpaired) electrons. The van der Waals surface area contributed by atoms with E-state index in [0.717, 1.165) is 24.9 Å². The molecule has 0 aliphatic rings. The van der Waals surface area contributed by atoms with E-state index in [0.29, 0.717) is 0 Å². The monoisotopic (exact) mass is 114 g/mol. The van der Waals surface area contributed by atoms with E-state index in [1.807, 2.05) is 0 Å². The van der Waals surface area contributed by atoms with Crippen LogP contribution in [0.15, 0.2) is 0 Å². The predicted octanol–water partition coefficient (Wildman–Crippen LogP) is 1.000. The predicted molar refractivity (Wildman–Crippen MR) is 31.7 cm³/mol. The molecular formula is C5H11AlO. The van der Waals surface area contributed by atoms with Crippen LogP contribution in [0.3, 0.4) is 0 Å². The van der Waals surface area contributed by atoms with Gasteiger partial charge in [-0.1, -0.05) is 12.2 Å². The van der Waals surface area contributed by atoms with Crippen molar-refractivity contribution in [3.8, 4) is 0 Å². The highest BCUT2D eigenvalue weighted by Gasteiger charge is 1.77. The molecule has 0 aromatic heterocycles. The highest BCUT2D eigenvalue weighted by molar-refractivity contribution is 6.08. The van der Waals surface area contributed by atoms with E-state index in [-0.39, 0.29) is 0 Å². The van der Waals surface area contributed by atoms with Crippen LogP contribution < -0.4 is 0 Å². The van der Waals surface area contributed by atoms with Crippen molar-refractivity contribution in [3.63, 3.8) is 0 Å². The molecule has 0 aromatic carbocycles. The topological polar surface area (TPSA) is 9.23 Å². The first-order valence-corrected chi connectivity index (χ1v) is 3.51. The molecule has 2 heteroatoms. The Bertz CT molecular complexity index is 27.3. The third-order valence-corrected chi connectivity index (χ3v) is 0.846. The molecule has 0 heterocycles. The summed E-state index contributed by atoms with van der Waals surface area (Å²) in [5.41, 5.74) is 0. The molecule has 0 aromatic rings. The van der Waals surface area contributed by atoms with Crippen molar-refractivity contribution in [1.29, 1.82) is 0 Å². The molecule has 40 valence electrons. The van der Waals surface area contributed by atoms with Gasteiger partial charge in [-0.05, 0) is 6.42 Å². The summed E-state index contributed by atoms with van der Waals surface area (Å²) < 4.78 is 5.11. The average molecular weight is 114 g/mol. The molecule has 0 fully saturated rings. The number of hydrogen-bond acceptors (Lipinski definition) is 1. The Morgan fingerprint density at radius 1 is 1.43 bits per heavy atom. The minimum Gasteiger partial charge on any atom is -0.383 e. The average Bonchev–Trinajstić information content (AvgIpc) is 1.69. The summed E-state index contributed by atoms with van der Waals surface area (Å²) in [5.74, 6) is 0. The SMILES string of the molecule is CCCOC[CH2][Al]. The Hall–Kier alpha value is 0.492. The summed E-state index contributed by atoms with van der Waals surface area (Å²) in [6.45, 7) is 3.91. The van der Waals surface area contributed by atoms with Crippen LogP contribution in [0.25, 0.3) is 0 Å². The van der Waals surface area contributed by atoms with Crippen LogP contribution in [0, 0.1) is 0 Å². The van der Waals surface area contributed by atoms with Gasteiger partial charge in [0, 0.05) is 13.2 Å². The summed E-state index contributed by atoms with van der Waals surface area (Å²) in [7, 11) is 0. The lowest BCUT2D eigenvalue weighted by Crippen LogP contribution is -1.93. The summed E-state index contributed by atoms with van der Waals surface area (Å²) >= 11 is 2.62. The standard InChI is InChI=1S/C5H11O.Al/c1-3-5-6-4-2;/h2-5H2,1H3;. The lowest BCUT2D eigenvalue weighted by Gasteiger charge is -1.95. The molecule has 0 aliphatic carbocycles. The Labute approximate surface area is 53.5 Å². The maximum Gasteiger partial charge on any atom is 0.121 e. The fourth-order valence-electron chi connectivity index (χ4n) is 0.330. The summed E-state index contributed by atoms with van der Waals surface area (Å²) in [5, 5.41) is 1.06. The molecule has 0 bridgehead atoms. The van der Waals surface area contributed by atoms with Gasteiger partial charge in [-0.3, -0.25) is 0 Å². The van der Waals surface area contributed by atoms with Crippen LogP contribution >= 0.6 is 0 Å². The first-order chi connectivity index (χ1) is 3.41. The van der Waals surface area contributed by atoms with Crippen molar-refractivity contribution in [3.05, 3.63) is 0 Å². The highest BCUT2D eigenvalue weighted by atomic mass is 27.0. The zero-order valence-electron chi connectivity index (χ0n) is 4.81. The Balaban J connectivity index is 2.45. The van der Waals surface area contributed by atoms with Crippen molar-refractivity contribution in [2.45, 2.75) is 18.6 Å². The minimum atomic E-state index is 0.887. The Morgan fingerprint density at radius 3 is 2.57 bits per heavy atom. The van der Waals surface area contributed by atoms with Crippen molar-refractivity contribution in [2.24, 2.45) is 0 Å². The van der Waals surface area contributed by atoms with Gasteiger partial charge in [0.1, 0.15) is 16.3 Å². The van der Waals surface area contributed by atoms with Gasteiger partial charge in [0.2, 0.25) is 0 Å². The number of rotatable bonds is 4. The van der Waals surface area contributed by atoms with Crippen LogP contribution in [0.1, 0.15) is 13.3 Å². The largest absolute Gasteiger partial charge is 0.383 e. The van der Waals surface area contributed by atoms with Gasteiger partial charge in [-0.15, -0.1) is 0 Å². The van der Waals surface area contributed by atoms with E-state index in [2.05, 4.69) is 23.2 Å². The van der Waals surface area contributed by atoms with E-state index in [9.17, 15) is 0 Å². The lowest BCUT2D eigenvalue weighted by atomic mass is 10.5. The van der Waals surface area contributed by atoms with E-state index < -0.39 is 0 Å². The molecule has 0 saturated heterocycles. The van der Waals surface area contributed by atoms with Gasteiger partial charge in [-0.2, -0.15) is 0 Å². The maximum absolute atomic E-state index is 5.11. The fourth-order valence-corrected chi connectivity index (χ4v) is 0.496. The van der Waals surface area contributed by atoms with Gasteiger partial charge in [0.15, 0.2) is 0 Å². The van der Waals surface area contributed by atoms with Gasteiger partial charge in [0.05, 0.1) is 0 Å². The molecule has 0 atom stereocenters. The quantitative estimate of drug-likeness (QED) is 0.391. The fraction of sp³-hybridized carbons (Fsp3) is 1.00. The van der Waals surface area contributed by atoms with Crippen molar-refractivity contribution in [2.75, 3.05) is 13.2 Å². The van der Waals surface area contributed by atoms with Crippen LogP contribution in [0.5, 0.6) is 0 Å². The summed E-state index contributed by atoms with van der Waals surface area (Å²) in [6, 6.07) is 0. The van der Waals surface area contributed by atoms with Crippen molar-refractivity contribution < 1.29 is 4.74 Å². The van der Waals surface area contributed by atoms with E-state index in [4.69, 9.17) is 4.74 Å². The van der Waals surface area contributed by atoms with Gasteiger partial charge >= 0.3 is 0 Å². The molecule has 0 spiro atoms. The van der Waals surface area contributed by atoms with Crippen LogP contribution in [-0.4, -0.2) is 29.5 Å². The Kier molecular flexibility index (Phi) is 6.95. The number of ether oxygens (including phenoxy) is 1. The first kappa shape index (κ1) is 7.49. The van der Waals surface area contributed by atoms with Gasteiger partial charge in [0.25, 0.3) is 0 Å². The van der Waals surface area contributed by atoms with E-state index in [1.165, 1.54) is 0 Å². The second-order valence-corrected chi connectivity index (χ2v) is 1.98. The van der Waals surface area contributed by atoms with Crippen molar-refractivity contribution >= 4 is 16.3 Å². The van der Waals surface area contributed by atoms with E-state index >= 15 is 0 Å². The minimum absolute atomic E-state index is 0.887. The zero-order chi connectivity index (χ0) is 5.54. The maximum atomic E-state index is 5.11. The smallest absolute Gasteiger partial charge is 0.121 e. The molecule has 0 unspecified atom stereocenters. The molecule has 7 heavy (non-hydrogen) atoms. The van der Waals surface area contributed by atoms with E-state index in [1.54, 1.807) is 0 Å². The summed E-state index contributed by atoms with van der Waals surface area (Å²) in [4.78, 5) is 0. The molecule has 0 aliphatic heterocycles. The molecule has 0 N–H and O–H groups in total. The van der Waals surface area contributed by atoms with Crippen LogP contribution in [0.4, 0.5) is 0 Å². The lowest BCUT2D eigenvalue weighted by molar-refractivity contribution is 0.148. The molecule has 0 rings (SSSR count). The normalized spacial score (nSPS) is 9.29. The third-order valence-electron chi connectivity index (χ3n) is 0.611. The zero-order valence-corrected chi connectivity index (χ0v) is 5.97. The Morgan fingerprint density at radius 2 is 2.14 bits per heavy atom. The molecule has 0 saturated carbocycles. The summed E-state index contributed by atoms with van der Waals surface area (Å²) in [6.07, 6.45) is 1.13. The molecule has 1 nitrogen and oxygen atoms in total. The van der Waals surface area contributed by atoms with Crippen LogP contribution in [-0.2, 0) is 4.74 Å². The first-order valence-electron chi connectivity index (χ1n) is 2.69. The molecular weight excluding hydrogens is 103 g/mol. The number of hydrogen-bond donors (Lipinski definition) is 0. The second-order valence-electron chi connectivity index (χ2n) is 1.40. The van der Waals surface area contributed by atoms with Crippen molar-refractivity contribution in [1.82, 2.24) is 0 Å². The second kappa shape index (κ2) is 6.49. The van der Waals surface area contributed by atoms with Crippen LogP contribution in [0.2, 0.25) is 5.28 Å². The van der Waals surface area contributed by atoms with Gasteiger partial charge < -0.3 is 4.74 Å².